The highest BCUT2D eigenvalue weighted by atomic mass is 32.1. The van der Waals surface area contributed by atoms with Crippen molar-refractivity contribution in [2.45, 2.75) is 38.3 Å². The van der Waals surface area contributed by atoms with Gasteiger partial charge in [-0.25, -0.2) is 9.97 Å². The maximum absolute atomic E-state index is 12.3. The Morgan fingerprint density at radius 3 is 2.81 bits per heavy atom. The molecule has 0 radical (unpaired) electrons. The minimum absolute atomic E-state index is 0.114. The van der Waals surface area contributed by atoms with Gasteiger partial charge in [0.2, 0.25) is 5.88 Å². The summed E-state index contributed by atoms with van der Waals surface area (Å²) in [6.07, 6.45) is 8.39. The number of aromatic nitrogens is 2. The summed E-state index contributed by atoms with van der Waals surface area (Å²) >= 11 is 3.03. The molecule has 4 rings (SSSR count). The van der Waals surface area contributed by atoms with Gasteiger partial charge < -0.3 is 10.1 Å². The van der Waals surface area contributed by atoms with Crippen LogP contribution >= 0.6 is 22.7 Å². The second-order valence-corrected chi connectivity index (χ2v) is 8.20. The lowest BCUT2D eigenvalue weighted by Gasteiger charge is -2.12. The minimum Gasteiger partial charge on any atom is -0.474 e. The molecule has 0 atom stereocenters. The van der Waals surface area contributed by atoms with E-state index in [4.69, 9.17) is 4.74 Å². The van der Waals surface area contributed by atoms with E-state index in [0.29, 0.717) is 23.4 Å². The zero-order valence-electron chi connectivity index (χ0n) is 14.2. The average molecular weight is 386 g/mol. The van der Waals surface area contributed by atoms with Gasteiger partial charge in [-0.1, -0.05) is 12.1 Å². The molecule has 1 N–H and O–H groups in total. The number of thiophene rings is 1. The van der Waals surface area contributed by atoms with E-state index in [1.165, 1.54) is 24.2 Å². The van der Waals surface area contributed by atoms with Gasteiger partial charge in [-0.15, -0.1) is 22.7 Å². The first-order valence-electron chi connectivity index (χ1n) is 8.67. The second-order valence-electron chi connectivity index (χ2n) is 6.22. The van der Waals surface area contributed by atoms with Crippen molar-refractivity contribution in [1.29, 1.82) is 0 Å². The average Bonchev–Trinajstić information content (AvgIpc) is 3.42. The Kier molecular flexibility index (Phi) is 5.26. The van der Waals surface area contributed by atoms with Crippen LogP contribution in [-0.4, -0.2) is 22.0 Å². The number of carbonyl (C=O) groups excluding carboxylic acids is 1. The molecule has 1 amide bonds. The molecule has 1 fully saturated rings. The van der Waals surface area contributed by atoms with Crippen molar-refractivity contribution >= 4 is 28.6 Å². The lowest BCUT2D eigenvalue weighted by molar-refractivity contribution is 0.0954. The number of hydrogen-bond acceptors (Lipinski definition) is 6. The smallest absolute Gasteiger partial charge is 0.263 e. The summed E-state index contributed by atoms with van der Waals surface area (Å²) in [4.78, 5) is 22.7. The van der Waals surface area contributed by atoms with Gasteiger partial charge in [-0.05, 0) is 42.7 Å². The Morgan fingerprint density at radius 2 is 2.08 bits per heavy atom. The van der Waals surface area contributed by atoms with Crippen LogP contribution in [0.1, 0.15) is 40.9 Å². The molecule has 3 aromatic heterocycles. The van der Waals surface area contributed by atoms with Gasteiger partial charge in [-0.3, -0.25) is 4.79 Å². The number of nitrogens with one attached hydrogen (secondary N) is 1. The lowest BCUT2D eigenvalue weighted by Crippen LogP contribution is -2.21. The third-order valence-electron chi connectivity index (χ3n) is 4.30. The zero-order chi connectivity index (χ0) is 17.8. The van der Waals surface area contributed by atoms with Crippen molar-refractivity contribution in [2.24, 2.45) is 0 Å². The zero-order valence-corrected chi connectivity index (χ0v) is 15.8. The number of rotatable bonds is 6. The summed E-state index contributed by atoms with van der Waals surface area (Å²) in [5, 5.41) is 5.80. The molecule has 1 aliphatic carbocycles. The number of amides is 1. The van der Waals surface area contributed by atoms with E-state index in [1.54, 1.807) is 23.7 Å². The van der Waals surface area contributed by atoms with E-state index in [-0.39, 0.29) is 5.91 Å². The molecular formula is C19H19N3O2S2. The standard InChI is InChI=1S/C19H19N3O2S2/c23-18(16-12-22-19(26-16)15-6-3-9-25-15)21-11-13-7-8-17(20-10-13)24-14-4-1-2-5-14/h3,6-10,12,14H,1-2,4-5,11H2,(H,21,23). The fourth-order valence-corrected chi connectivity index (χ4v) is 4.56. The number of ether oxygens (including phenoxy) is 1. The fraction of sp³-hybridized carbons (Fsp3) is 0.316. The molecule has 3 heterocycles. The molecular weight excluding hydrogens is 366 g/mol. The first kappa shape index (κ1) is 17.2. The van der Waals surface area contributed by atoms with Crippen LogP contribution in [0, 0.1) is 0 Å². The molecule has 26 heavy (non-hydrogen) atoms. The Balaban J connectivity index is 1.31. The van der Waals surface area contributed by atoms with Gasteiger partial charge in [0.15, 0.2) is 0 Å². The highest BCUT2D eigenvalue weighted by molar-refractivity contribution is 7.21. The molecule has 1 aliphatic rings. The lowest BCUT2D eigenvalue weighted by atomic mass is 10.3. The molecule has 7 heteroatoms. The highest BCUT2D eigenvalue weighted by Gasteiger charge is 2.17. The van der Waals surface area contributed by atoms with E-state index in [1.807, 2.05) is 29.6 Å². The Morgan fingerprint density at radius 1 is 1.19 bits per heavy atom. The molecule has 0 aliphatic heterocycles. The fourth-order valence-electron chi connectivity index (χ4n) is 2.92. The molecule has 5 nitrogen and oxygen atoms in total. The van der Waals surface area contributed by atoms with Gasteiger partial charge in [0.1, 0.15) is 16.0 Å². The van der Waals surface area contributed by atoms with Crippen molar-refractivity contribution in [3.63, 3.8) is 0 Å². The van der Waals surface area contributed by atoms with Crippen molar-refractivity contribution < 1.29 is 9.53 Å². The second kappa shape index (κ2) is 7.97. The Hall–Kier alpha value is -2.25. The topological polar surface area (TPSA) is 64.1 Å². The molecule has 0 unspecified atom stereocenters. The Bertz CT molecular complexity index is 853. The molecule has 0 saturated heterocycles. The van der Waals surface area contributed by atoms with E-state index in [0.717, 1.165) is 28.3 Å². The van der Waals surface area contributed by atoms with Crippen molar-refractivity contribution in [3.05, 3.63) is 52.5 Å². The maximum Gasteiger partial charge on any atom is 0.263 e. The maximum atomic E-state index is 12.3. The summed E-state index contributed by atoms with van der Waals surface area (Å²) in [5.74, 6) is 0.548. The first-order valence-corrected chi connectivity index (χ1v) is 10.4. The van der Waals surface area contributed by atoms with Crippen LogP contribution in [0.5, 0.6) is 5.88 Å². The van der Waals surface area contributed by atoms with E-state index in [9.17, 15) is 4.79 Å². The monoisotopic (exact) mass is 385 g/mol. The highest BCUT2D eigenvalue weighted by Crippen LogP contribution is 2.28. The largest absolute Gasteiger partial charge is 0.474 e. The molecule has 0 aromatic carbocycles. The van der Waals surface area contributed by atoms with Crippen LogP contribution in [-0.2, 0) is 6.54 Å². The van der Waals surface area contributed by atoms with E-state index < -0.39 is 0 Å². The molecule has 1 saturated carbocycles. The number of carbonyl (C=O) groups is 1. The predicted molar refractivity (Wildman–Crippen MR) is 104 cm³/mol. The van der Waals surface area contributed by atoms with Crippen LogP contribution in [0.15, 0.2) is 42.0 Å². The number of thiazole rings is 1. The minimum atomic E-state index is -0.114. The first-order chi connectivity index (χ1) is 12.8. The third-order valence-corrected chi connectivity index (χ3v) is 6.34. The van der Waals surface area contributed by atoms with Gasteiger partial charge in [0, 0.05) is 18.8 Å². The molecule has 0 bridgehead atoms. The Labute approximate surface area is 160 Å². The summed E-state index contributed by atoms with van der Waals surface area (Å²) in [6, 6.07) is 7.81. The van der Waals surface area contributed by atoms with Crippen LogP contribution in [0.3, 0.4) is 0 Å². The van der Waals surface area contributed by atoms with Crippen molar-refractivity contribution in [2.75, 3.05) is 0 Å². The van der Waals surface area contributed by atoms with Gasteiger partial charge in [0.05, 0.1) is 11.1 Å². The van der Waals surface area contributed by atoms with Gasteiger partial charge in [0.25, 0.3) is 5.91 Å². The summed E-state index contributed by atoms with van der Waals surface area (Å²) in [7, 11) is 0. The molecule has 3 aromatic rings. The van der Waals surface area contributed by atoms with Gasteiger partial charge in [-0.2, -0.15) is 0 Å². The third kappa shape index (κ3) is 4.11. The van der Waals surface area contributed by atoms with Crippen LogP contribution < -0.4 is 10.1 Å². The van der Waals surface area contributed by atoms with Crippen LogP contribution in [0.2, 0.25) is 0 Å². The van der Waals surface area contributed by atoms with Crippen LogP contribution in [0.25, 0.3) is 9.88 Å². The molecule has 134 valence electrons. The number of hydrogen-bond donors (Lipinski definition) is 1. The van der Waals surface area contributed by atoms with Gasteiger partial charge >= 0.3 is 0 Å². The number of nitrogens with zero attached hydrogens (tertiary/aromatic N) is 2. The van der Waals surface area contributed by atoms with E-state index in [2.05, 4.69) is 15.3 Å². The van der Waals surface area contributed by atoms with Crippen molar-refractivity contribution in [1.82, 2.24) is 15.3 Å². The molecule has 0 spiro atoms. The normalized spacial score (nSPS) is 14.5. The predicted octanol–water partition coefficient (Wildman–Crippen LogP) is 4.52. The summed E-state index contributed by atoms with van der Waals surface area (Å²) < 4.78 is 5.86. The SMILES string of the molecule is O=C(NCc1ccc(OC2CCCC2)nc1)c1cnc(-c2cccs2)s1. The summed E-state index contributed by atoms with van der Waals surface area (Å²) in [5.41, 5.74) is 0.945. The van der Waals surface area contributed by atoms with E-state index >= 15 is 0 Å². The van der Waals surface area contributed by atoms with Crippen LogP contribution in [0.4, 0.5) is 0 Å². The van der Waals surface area contributed by atoms with Crippen molar-refractivity contribution in [3.8, 4) is 15.8 Å². The quantitative estimate of drug-likeness (QED) is 0.678. The number of pyridine rings is 1. The summed E-state index contributed by atoms with van der Waals surface area (Å²) in [6.45, 7) is 0.432.